The zero-order chi connectivity index (χ0) is 20.5. The topological polar surface area (TPSA) is 46.2 Å². The fraction of sp³-hybridized carbons (Fsp3) is 0.478. The van der Waals surface area contributed by atoms with Crippen LogP contribution < -0.4 is 4.72 Å². The van der Waals surface area contributed by atoms with E-state index in [-0.39, 0.29) is 11.8 Å². The second kappa shape index (κ2) is 8.05. The predicted molar refractivity (Wildman–Crippen MR) is 115 cm³/mol. The zero-order valence-electron chi connectivity index (χ0n) is 17.8. The van der Waals surface area contributed by atoms with E-state index >= 15 is 0 Å². The third kappa shape index (κ3) is 4.92. The van der Waals surface area contributed by atoms with E-state index in [2.05, 4.69) is 58.4 Å². The fourth-order valence-electron chi connectivity index (χ4n) is 3.35. The van der Waals surface area contributed by atoms with Crippen LogP contribution in [-0.2, 0) is 10.0 Å². The Labute approximate surface area is 165 Å². The van der Waals surface area contributed by atoms with E-state index in [0.717, 1.165) is 27.9 Å². The first-order valence-electron chi connectivity index (χ1n) is 9.71. The van der Waals surface area contributed by atoms with E-state index in [4.69, 9.17) is 0 Å². The van der Waals surface area contributed by atoms with E-state index in [9.17, 15) is 8.42 Å². The van der Waals surface area contributed by atoms with Crippen molar-refractivity contribution in [3.05, 3.63) is 58.1 Å². The van der Waals surface area contributed by atoms with E-state index in [1.54, 1.807) is 12.1 Å². The van der Waals surface area contributed by atoms with Crippen LogP contribution in [0.25, 0.3) is 0 Å². The van der Waals surface area contributed by atoms with Gasteiger partial charge in [0.05, 0.1) is 10.6 Å². The van der Waals surface area contributed by atoms with Gasteiger partial charge in [0.1, 0.15) is 0 Å². The normalized spacial score (nSPS) is 12.3. The molecule has 0 saturated carbocycles. The average Bonchev–Trinajstić information content (AvgIpc) is 2.52. The summed E-state index contributed by atoms with van der Waals surface area (Å²) in [7, 11) is -3.65. The third-order valence-electron chi connectivity index (χ3n) is 4.87. The molecule has 0 aliphatic rings. The van der Waals surface area contributed by atoms with Gasteiger partial charge in [0.15, 0.2) is 0 Å². The molecule has 0 aliphatic heterocycles. The van der Waals surface area contributed by atoms with Crippen LogP contribution in [0.5, 0.6) is 0 Å². The van der Waals surface area contributed by atoms with Crippen LogP contribution >= 0.6 is 0 Å². The van der Waals surface area contributed by atoms with Gasteiger partial charge in [-0.1, -0.05) is 59.7 Å². The van der Waals surface area contributed by atoms with Crippen LogP contribution in [0.1, 0.15) is 87.1 Å². The highest BCUT2D eigenvalue weighted by Gasteiger charge is 2.23. The average molecular weight is 388 g/mol. The Morgan fingerprint density at radius 1 is 0.704 bits per heavy atom. The van der Waals surface area contributed by atoms with Crippen molar-refractivity contribution in [3.8, 4) is 0 Å². The maximum Gasteiger partial charge on any atom is 0.261 e. The largest absolute Gasteiger partial charge is 0.279 e. The molecule has 3 nitrogen and oxygen atoms in total. The first-order valence-corrected chi connectivity index (χ1v) is 11.2. The van der Waals surface area contributed by atoms with E-state index < -0.39 is 10.0 Å². The molecule has 0 radical (unpaired) electrons. The Balaban J connectivity index is 2.66. The summed E-state index contributed by atoms with van der Waals surface area (Å²) in [6.07, 6.45) is 0. The first-order chi connectivity index (χ1) is 12.4. The number of hydrogen-bond acceptors (Lipinski definition) is 2. The molecule has 0 atom stereocenters. The lowest BCUT2D eigenvalue weighted by Crippen LogP contribution is -2.17. The van der Waals surface area contributed by atoms with Crippen molar-refractivity contribution < 1.29 is 8.42 Å². The van der Waals surface area contributed by atoms with Crippen molar-refractivity contribution in [2.75, 3.05) is 4.72 Å². The van der Waals surface area contributed by atoms with Gasteiger partial charge < -0.3 is 0 Å². The van der Waals surface area contributed by atoms with Gasteiger partial charge in [0.25, 0.3) is 10.0 Å². The van der Waals surface area contributed by atoms with Gasteiger partial charge in [-0.3, -0.25) is 4.72 Å². The van der Waals surface area contributed by atoms with Gasteiger partial charge in [-0.25, -0.2) is 8.42 Å². The van der Waals surface area contributed by atoms with Gasteiger partial charge in [-0.2, -0.15) is 0 Å². The molecule has 27 heavy (non-hydrogen) atoms. The van der Waals surface area contributed by atoms with Crippen LogP contribution in [0, 0.1) is 13.8 Å². The van der Waals surface area contributed by atoms with Gasteiger partial charge in [0, 0.05) is 0 Å². The number of hydrogen-bond donors (Lipinski definition) is 1. The standard InChI is InChI=1S/C23H33NO2S/c1-14(2)19-12-21(15(3)4)23(22(13-19)16(5)6)24-27(25,26)20-10-17(7)9-18(8)11-20/h9-16,24H,1-8H3. The summed E-state index contributed by atoms with van der Waals surface area (Å²) < 4.78 is 29.3. The van der Waals surface area contributed by atoms with Crippen LogP contribution in [-0.4, -0.2) is 8.42 Å². The summed E-state index contributed by atoms with van der Waals surface area (Å²) in [4.78, 5) is 0.317. The highest BCUT2D eigenvalue weighted by atomic mass is 32.2. The Kier molecular flexibility index (Phi) is 6.41. The fourth-order valence-corrected chi connectivity index (χ4v) is 4.66. The Bertz CT molecular complexity index is 876. The summed E-state index contributed by atoms with van der Waals surface area (Å²) in [5.74, 6) is 0.835. The molecule has 0 amide bonds. The molecular weight excluding hydrogens is 354 g/mol. The maximum absolute atomic E-state index is 13.2. The molecule has 2 rings (SSSR count). The molecule has 1 N–H and O–H groups in total. The van der Waals surface area contributed by atoms with Gasteiger partial charge in [-0.15, -0.1) is 0 Å². The quantitative estimate of drug-likeness (QED) is 0.617. The van der Waals surface area contributed by atoms with Crippen molar-refractivity contribution in [1.29, 1.82) is 0 Å². The number of aryl methyl sites for hydroxylation is 2. The van der Waals surface area contributed by atoms with E-state index in [1.165, 1.54) is 5.56 Å². The Morgan fingerprint density at radius 3 is 1.52 bits per heavy atom. The van der Waals surface area contributed by atoms with Crippen molar-refractivity contribution in [2.24, 2.45) is 0 Å². The van der Waals surface area contributed by atoms with Crippen LogP contribution in [0.4, 0.5) is 5.69 Å². The summed E-state index contributed by atoms with van der Waals surface area (Å²) >= 11 is 0. The summed E-state index contributed by atoms with van der Waals surface area (Å²) in [5.41, 5.74) is 5.98. The van der Waals surface area contributed by atoms with Crippen LogP contribution in [0.2, 0.25) is 0 Å². The van der Waals surface area contributed by atoms with Gasteiger partial charge in [-0.05, 0) is 71.6 Å². The maximum atomic E-state index is 13.2. The summed E-state index contributed by atoms with van der Waals surface area (Å²) in [6.45, 7) is 16.6. The Morgan fingerprint density at radius 2 is 1.15 bits per heavy atom. The minimum Gasteiger partial charge on any atom is -0.279 e. The predicted octanol–water partition coefficient (Wildman–Crippen LogP) is 6.47. The number of benzene rings is 2. The zero-order valence-corrected chi connectivity index (χ0v) is 18.7. The molecule has 0 fully saturated rings. The lowest BCUT2D eigenvalue weighted by Gasteiger charge is -2.23. The highest BCUT2D eigenvalue weighted by molar-refractivity contribution is 7.92. The van der Waals surface area contributed by atoms with Crippen molar-refractivity contribution in [3.63, 3.8) is 0 Å². The molecule has 148 valence electrons. The molecular formula is C23H33NO2S. The molecule has 0 bridgehead atoms. The minimum atomic E-state index is -3.65. The molecule has 0 spiro atoms. The second-order valence-corrected chi connectivity index (χ2v) is 10.1. The summed E-state index contributed by atoms with van der Waals surface area (Å²) in [6, 6.07) is 9.74. The van der Waals surface area contributed by atoms with Crippen LogP contribution in [0.15, 0.2) is 35.2 Å². The van der Waals surface area contributed by atoms with Gasteiger partial charge >= 0.3 is 0 Å². The number of anilines is 1. The van der Waals surface area contributed by atoms with Crippen molar-refractivity contribution in [2.45, 2.75) is 78.0 Å². The SMILES string of the molecule is Cc1cc(C)cc(S(=O)(=O)Nc2c(C(C)C)cc(C(C)C)cc2C(C)C)c1. The van der Waals surface area contributed by atoms with Crippen molar-refractivity contribution in [1.82, 2.24) is 0 Å². The van der Waals surface area contributed by atoms with Gasteiger partial charge in [0.2, 0.25) is 0 Å². The summed E-state index contributed by atoms with van der Waals surface area (Å²) in [5, 5.41) is 0. The molecule has 4 heteroatoms. The molecule has 0 saturated heterocycles. The Hall–Kier alpha value is -1.81. The van der Waals surface area contributed by atoms with Crippen molar-refractivity contribution >= 4 is 15.7 Å². The second-order valence-electron chi connectivity index (χ2n) is 8.47. The lowest BCUT2D eigenvalue weighted by molar-refractivity contribution is 0.600. The van der Waals surface area contributed by atoms with E-state index in [0.29, 0.717) is 10.8 Å². The first kappa shape index (κ1) is 21.5. The molecule has 0 unspecified atom stereocenters. The number of rotatable bonds is 6. The smallest absolute Gasteiger partial charge is 0.261 e. The molecule has 2 aromatic rings. The molecule has 0 aromatic heterocycles. The third-order valence-corrected chi connectivity index (χ3v) is 6.20. The lowest BCUT2D eigenvalue weighted by atomic mass is 9.88. The molecule has 2 aromatic carbocycles. The number of nitrogens with one attached hydrogen (secondary N) is 1. The molecule has 0 heterocycles. The monoisotopic (exact) mass is 387 g/mol. The number of sulfonamides is 1. The molecule has 0 aliphatic carbocycles. The van der Waals surface area contributed by atoms with E-state index in [1.807, 2.05) is 19.9 Å². The van der Waals surface area contributed by atoms with Crippen LogP contribution in [0.3, 0.4) is 0 Å². The highest BCUT2D eigenvalue weighted by Crippen LogP contribution is 2.37. The minimum absolute atomic E-state index is 0.221.